The van der Waals surface area contributed by atoms with E-state index in [9.17, 15) is 15.0 Å². The van der Waals surface area contributed by atoms with E-state index < -0.39 is 5.97 Å². The highest BCUT2D eigenvalue weighted by Crippen LogP contribution is 2.37. The third-order valence-corrected chi connectivity index (χ3v) is 5.18. The van der Waals surface area contributed by atoms with Crippen LogP contribution in [0.5, 0.6) is 5.75 Å². The zero-order chi connectivity index (χ0) is 19.7. The Morgan fingerprint density at radius 2 is 1.62 bits per heavy atom. The van der Waals surface area contributed by atoms with Crippen LogP contribution in [0, 0.1) is 6.92 Å². The van der Waals surface area contributed by atoms with Gasteiger partial charge in [-0.1, -0.05) is 84.8 Å². The van der Waals surface area contributed by atoms with Crippen molar-refractivity contribution >= 4 is 5.97 Å². The van der Waals surface area contributed by atoms with Crippen molar-refractivity contribution in [2.45, 2.75) is 104 Å². The van der Waals surface area contributed by atoms with Crippen molar-refractivity contribution in [3.05, 3.63) is 28.8 Å². The van der Waals surface area contributed by atoms with Crippen LogP contribution in [-0.4, -0.2) is 16.2 Å². The van der Waals surface area contributed by atoms with Crippen LogP contribution in [0.15, 0.2) is 12.1 Å². The van der Waals surface area contributed by atoms with E-state index in [1.807, 2.05) is 19.1 Å². The minimum absolute atomic E-state index is 0.0172. The van der Waals surface area contributed by atoms with E-state index in [0.717, 1.165) is 29.5 Å². The van der Waals surface area contributed by atoms with Crippen LogP contribution in [0.2, 0.25) is 0 Å². The van der Waals surface area contributed by atoms with Gasteiger partial charge in [0.05, 0.1) is 6.42 Å². The highest BCUT2D eigenvalue weighted by Gasteiger charge is 2.23. The molecule has 0 fully saturated rings. The molecule has 1 aromatic carbocycles. The Labute approximate surface area is 159 Å². The largest absolute Gasteiger partial charge is 0.507 e. The number of carbonyl (C=O) groups is 1. The standard InChI is InChI=1S/C23H38O3/c1-6-7-8-9-10-11-12-13-18(16-21(24)25)19-14-17(2)22(26)20(15-19)23(3,4)5/h14-15,18,26H,6-13,16H2,1-5H3,(H,24,25). The van der Waals surface area contributed by atoms with E-state index in [4.69, 9.17) is 0 Å². The highest BCUT2D eigenvalue weighted by molar-refractivity contribution is 5.68. The summed E-state index contributed by atoms with van der Waals surface area (Å²) >= 11 is 0. The second kappa shape index (κ2) is 10.6. The van der Waals surface area contributed by atoms with Crippen LogP contribution in [-0.2, 0) is 10.2 Å². The molecule has 0 aliphatic rings. The number of rotatable bonds is 11. The van der Waals surface area contributed by atoms with Gasteiger partial charge in [-0.25, -0.2) is 0 Å². The number of unbranched alkanes of at least 4 members (excludes halogenated alkanes) is 6. The molecule has 1 rings (SSSR count). The monoisotopic (exact) mass is 362 g/mol. The molecule has 26 heavy (non-hydrogen) atoms. The van der Waals surface area contributed by atoms with E-state index in [1.165, 1.54) is 38.5 Å². The van der Waals surface area contributed by atoms with Gasteiger partial charge in [0.1, 0.15) is 5.75 Å². The van der Waals surface area contributed by atoms with Crippen molar-refractivity contribution in [1.82, 2.24) is 0 Å². The summed E-state index contributed by atoms with van der Waals surface area (Å²) in [6.45, 7) is 10.4. The highest BCUT2D eigenvalue weighted by atomic mass is 16.4. The molecule has 0 aliphatic carbocycles. The van der Waals surface area contributed by atoms with Crippen LogP contribution in [0.1, 0.15) is 108 Å². The van der Waals surface area contributed by atoms with Gasteiger partial charge in [-0.3, -0.25) is 4.79 Å². The molecule has 0 aromatic heterocycles. The molecule has 1 aromatic rings. The Balaban J connectivity index is 2.83. The number of benzene rings is 1. The fourth-order valence-corrected chi connectivity index (χ4v) is 3.56. The Morgan fingerprint density at radius 1 is 1.04 bits per heavy atom. The number of phenolic OH excluding ortho intramolecular Hbond substituents is 1. The Kier molecular flexibility index (Phi) is 9.18. The van der Waals surface area contributed by atoms with Gasteiger partial charge in [0.2, 0.25) is 0 Å². The Hall–Kier alpha value is -1.51. The summed E-state index contributed by atoms with van der Waals surface area (Å²) in [5.41, 5.74) is 2.63. The number of carboxylic acids is 1. The molecule has 0 saturated carbocycles. The molecule has 148 valence electrons. The summed E-state index contributed by atoms with van der Waals surface area (Å²) in [5.74, 6) is -0.393. The predicted molar refractivity (Wildman–Crippen MR) is 109 cm³/mol. The molecule has 0 amide bonds. The van der Waals surface area contributed by atoms with Gasteiger partial charge >= 0.3 is 5.97 Å². The van der Waals surface area contributed by atoms with Gasteiger partial charge in [-0.15, -0.1) is 0 Å². The van der Waals surface area contributed by atoms with Crippen molar-refractivity contribution in [3.8, 4) is 5.75 Å². The first-order valence-corrected chi connectivity index (χ1v) is 10.2. The average molecular weight is 363 g/mol. The van der Waals surface area contributed by atoms with Gasteiger partial charge in [-0.2, -0.15) is 0 Å². The molecular weight excluding hydrogens is 324 g/mol. The summed E-state index contributed by atoms with van der Waals surface area (Å²) in [4.78, 5) is 11.4. The normalized spacial score (nSPS) is 13.0. The predicted octanol–water partition coefficient (Wildman–Crippen LogP) is 6.70. The summed E-state index contributed by atoms with van der Waals surface area (Å²) in [6, 6.07) is 4.00. The summed E-state index contributed by atoms with van der Waals surface area (Å²) in [5, 5.41) is 19.8. The fourth-order valence-electron chi connectivity index (χ4n) is 3.56. The second-order valence-electron chi connectivity index (χ2n) is 8.69. The first kappa shape index (κ1) is 22.5. The van der Waals surface area contributed by atoms with E-state index in [-0.39, 0.29) is 17.8 Å². The third-order valence-electron chi connectivity index (χ3n) is 5.18. The number of aliphatic carboxylic acids is 1. The van der Waals surface area contributed by atoms with E-state index in [2.05, 4.69) is 27.7 Å². The number of hydrogen-bond acceptors (Lipinski definition) is 2. The molecule has 1 atom stereocenters. The van der Waals surface area contributed by atoms with E-state index in [0.29, 0.717) is 5.75 Å². The Morgan fingerprint density at radius 3 is 2.15 bits per heavy atom. The maximum atomic E-state index is 11.4. The van der Waals surface area contributed by atoms with Gasteiger partial charge in [0.15, 0.2) is 0 Å². The SMILES string of the molecule is CCCCCCCCCC(CC(=O)O)c1cc(C)c(O)c(C(C)(C)C)c1. The van der Waals surface area contributed by atoms with Crippen LogP contribution >= 0.6 is 0 Å². The molecule has 0 aliphatic heterocycles. The number of phenols is 1. The fraction of sp³-hybridized carbons (Fsp3) is 0.696. The van der Waals surface area contributed by atoms with Gasteiger partial charge in [-0.05, 0) is 41.4 Å². The summed E-state index contributed by atoms with van der Waals surface area (Å²) in [6.07, 6.45) is 9.68. The van der Waals surface area contributed by atoms with Gasteiger partial charge in [0.25, 0.3) is 0 Å². The lowest BCUT2D eigenvalue weighted by atomic mass is 9.81. The van der Waals surface area contributed by atoms with Gasteiger partial charge in [0, 0.05) is 0 Å². The van der Waals surface area contributed by atoms with Crippen molar-refractivity contribution in [2.75, 3.05) is 0 Å². The maximum absolute atomic E-state index is 11.4. The minimum atomic E-state index is -0.749. The van der Waals surface area contributed by atoms with Crippen LogP contribution in [0.25, 0.3) is 0 Å². The zero-order valence-corrected chi connectivity index (χ0v) is 17.4. The molecule has 3 nitrogen and oxygen atoms in total. The van der Waals surface area contributed by atoms with Crippen molar-refractivity contribution in [2.24, 2.45) is 0 Å². The number of hydrogen-bond donors (Lipinski definition) is 2. The maximum Gasteiger partial charge on any atom is 0.303 e. The molecule has 2 N–H and O–H groups in total. The van der Waals surface area contributed by atoms with Crippen LogP contribution in [0.4, 0.5) is 0 Å². The van der Waals surface area contributed by atoms with Crippen LogP contribution < -0.4 is 0 Å². The molecule has 0 bridgehead atoms. The first-order valence-electron chi connectivity index (χ1n) is 10.2. The topological polar surface area (TPSA) is 57.5 Å². The molecule has 0 spiro atoms. The van der Waals surface area contributed by atoms with E-state index >= 15 is 0 Å². The number of carboxylic acid groups (broad SMARTS) is 1. The Bertz CT molecular complexity index is 570. The number of aromatic hydroxyl groups is 1. The van der Waals surface area contributed by atoms with Crippen molar-refractivity contribution in [1.29, 1.82) is 0 Å². The minimum Gasteiger partial charge on any atom is -0.507 e. The number of aryl methyl sites for hydroxylation is 1. The lowest BCUT2D eigenvalue weighted by Crippen LogP contribution is -2.14. The van der Waals surface area contributed by atoms with Crippen molar-refractivity contribution in [3.63, 3.8) is 0 Å². The smallest absolute Gasteiger partial charge is 0.303 e. The second-order valence-corrected chi connectivity index (χ2v) is 8.69. The zero-order valence-electron chi connectivity index (χ0n) is 17.4. The molecule has 0 saturated heterocycles. The summed E-state index contributed by atoms with van der Waals surface area (Å²) in [7, 11) is 0. The van der Waals surface area contributed by atoms with Crippen molar-refractivity contribution < 1.29 is 15.0 Å². The molecule has 3 heteroatoms. The first-order chi connectivity index (χ1) is 12.2. The summed E-state index contributed by atoms with van der Waals surface area (Å²) < 4.78 is 0. The molecule has 1 unspecified atom stereocenters. The lowest BCUT2D eigenvalue weighted by Gasteiger charge is -2.25. The van der Waals surface area contributed by atoms with E-state index in [1.54, 1.807) is 0 Å². The molecular formula is C23H38O3. The third kappa shape index (κ3) is 7.39. The lowest BCUT2D eigenvalue weighted by molar-refractivity contribution is -0.137. The molecule has 0 radical (unpaired) electrons. The van der Waals surface area contributed by atoms with Crippen LogP contribution in [0.3, 0.4) is 0 Å². The van der Waals surface area contributed by atoms with Gasteiger partial charge < -0.3 is 10.2 Å². The average Bonchev–Trinajstić information content (AvgIpc) is 2.53. The quantitative estimate of drug-likeness (QED) is 0.431. The molecule has 0 heterocycles.